The highest BCUT2D eigenvalue weighted by Gasteiger charge is 2.09. The van der Waals surface area contributed by atoms with Crippen LogP contribution in [-0.2, 0) is 0 Å². The Morgan fingerprint density at radius 1 is 0.842 bits per heavy atom. The van der Waals surface area contributed by atoms with E-state index in [1.807, 2.05) is 6.07 Å². The van der Waals surface area contributed by atoms with E-state index in [2.05, 4.69) is 48.5 Å². The van der Waals surface area contributed by atoms with Crippen LogP contribution in [0.25, 0.3) is 30.9 Å². The molecule has 92 valence electrons. The van der Waals surface area contributed by atoms with Gasteiger partial charge in [0.25, 0.3) is 0 Å². The maximum absolute atomic E-state index is 5.46. The van der Waals surface area contributed by atoms with Gasteiger partial charge in [0.15, 0.2) is 0 Å². The molecule has 0 unspecified atom stereocenters. The van der Waals surface area contributed by atoms with Crippen LogP contribution in [0.4, 0.5) is 0 Å². The van der Waals surface area contributed by atoms with Crippen LogP contribution in [0.3, 0.4) is 0 Å². The van der Waals surface area contributed by atoms with Gasteiger partial charge in [-0.1, -0.05) is 36.4 Å². The highest BCUT2D eigenvalue weighted by atomic mass is 32.1. The van der Waals surface area contributed by atoms with Gasteiger partial charge in [0.2, 0.25) is 0 Å². The molecule has 0 bridgehead atoms. The second-order valence-corrected chi connectivity index (χ2v) is 5.69. The Morgan fingerprint density at radius 3 is 2.42 bits per heavy atom. The second-order valence-electron chi connectivity index (χ2n) is 4.63. The molecule has 1 aromatic heterocycles. The van der Waals surface area contributed by atoms with E-state index in [4.69, 9.17) is 4.74 Å². The zero-order valence-corrected chi connectivity index (χ0v) is 11.3. The molecule has 0 saturated carbocycles. The van der Waals surface area contributed by atoms with Crippen molar-refractivity contribution in [1.29, 1.82) is 0 Å². The topological polar surface area (TPSA) is 9.23 Å². The Kier molecular flexibility index (Phi) is 2.26. The summed E-state index contributed by atoms with van der Waals surface area (Å²) in [5, 5.41) is 5.18. The van der Waals surface area contributed by atoms with E-state index in [1.165, 1.54) is 30.9 Å². The Morgan fingerprint density at radius 2 is 1.63 bits per heavy atom. The van der Waals surface area contributed by atoms with Crippen molar-refractivity contribution in [3.05, 3.63) is 54.6 Å². The molecule has 3 aromatic carbocycles. The molecule has 4 rings (SSSR count). The zero-order valence-electron chi connectivity index (χ0n) is 10.5. The van der Waals surface area contributed by atoms with Gasteiger partial charge in [-0.25, -0.2) is 0 Å². The standard InChI is InChI=1S/C17H12OS/c1-18-15-8-4-7-13-14-9-11-5-2-3-6-12(11)10-16(14)19-17(13)15/h2-10H,1H3. The van der Waals surface area contributed by atoms with Gasteiger partial charge in [-0.2, -0.15) is 0 Å². The van der Waals surface area contributed by atoms with Crippen LogP contribution in [0, 0.1) is 0 Å². The van der Waals surface area contributed by atoms with Gasteiger partial charge in [-0.05, 0) is 29.0 Å². The molecule has 0 amide bonds. The van der Waals surface area contributed by atoms with Gasteiger partial charge in [0.05, 0.1) is 11.8 Å². The molecule has 19 heavy (non-hydrogen) atoms. The third-order valence-electron chi connectivity index (χ3n) is 3.55. The van der Waals surface area contributed by atoms with Gasteiger partial charge in [0, 0.05) is 15.5 Å². The second kappa shape index (κ2) is 3.97. The highest BCUT2D eigenvalue weighted by molar-refractivity contribution is 7.26. The van der Waals surface area contributed by atoms with Gasteiger partial charge in [-0.15, -0.1) is 11.3 Å². The third-order valence-corrected chi connectivity index (χ3v) is 4.73. The zero-order chi connectivity index (χ0) is 12.8. The van der Waals surface area contributed by atoms with Gasteiger partial charge >= 0.3 is 0 Å². The molecule has 2 heteroatoms. The van der Waals surface area contributed by atoms with Gasteiger partial charge in [0.1, 0.15) is 5.75 Å². The first kappa shape index (κ1) is 10.8. The number of ether oxygens (including phenoxy) is 1. The van der Waals surface area contributed by atoms with Crippen molar-refractivity contribution in [3.63, 3.8) is 0 Å². The van der Waals surface area contributed by atoms with Crippen molar-refractivity contribution in [3.8, 4) is 5.75 Å². The number of benzene rings is 3. The number of hydrogen-bond donors (Lipinski definition) is 0. The van der Waals surface area contributed by atoms with Gasteiger partial charge < -0.3 is 4.74 Å². The average molecular weight is 264 g/mol. The molecule has 0 saturated heterocycles. The van der Waals surface area contributed by atoms with Crippen LogP contribution in [0.2, 0.25) is 0 Å². The number of hydrogen-bond acceptors (Lipinski definition) is 2. The third kappa shape index (κ3) is 1.53. The van der Waals surface area contributed by atoms with E-state index < -0.39 is 0 Å². The molecular formula is C17H12OS. The summed E-state index contributed by atoms with van der Waals surface area (Å²) in [5.41, 5.74) is 0. The number of thiophene rings is 1. The van der Waals surface area contributed by atoms with Crippen molar-refractivity contribution >= 4 is 42.3 Å². The van der Waals surface area contributed by atoms with Gasteiger partial charge in [-0.3, -0.25) is 0 Å². The first-order valence-electron chi connectivity index (χ1n) is 6.25. The van der Waals surface area contributed by atoms with E-state index in [9.17, 15) is 0 Å². The molecule has 1 nitrogen and oxygen atoms in total. The van der Waals surface area contributed by atoms with Crippen LogP contribution in [-0.4, -0.2) is 7.11 Å². The van der Waals surface area contributed by atoms with E-state index in [-0.39, 0.29) is 0 Å². The maximum atomic E-state index is 5.46. The van der Waals surface area contributed by atoms with Crippen molar-refractivity contribution in [2.75, 3.05) is 7.11 Å². The fourth-order valence-electron chi connectivity index (χ4n) is 2.62. The van der Waals surface area contributed by atoms with Crippen LogP contribution in [0.5, 0.6) is 5.75 Å². The Hall–Kier alpha value is -2.06. The number of fused-ring (bicyclic) bond motifs is 4. The molecule has 0 aliphatic heterocycles. The molecule has 0 N–H and O–H groups in total. The SMILES string of the molecule is COc1cccc2c1sc1cc3ccccc3cc12. The van der Waals surface area contributed by atoms with E-state index in [0.29, 0.717) is 0 Å². The first-order valence-corrected chi connectivity index (χ1v) is 7.06. The van der Waals surface area contributed by atoms with Crippen molar-refractivity contribution in [2.45, 2.75) is 0 Å². The Labute approximate surface area is 115 Å². The van der Waals surface area contributed by atoms with E-state index >= 15 is 0 Å². The summed E-state index contributed by atoms with van der Waals surface area (Å²) in [6.45, 7) is 0. The maximum Gasteiger partial charge on any atom is 0.136 e. The summed E-state index contributed by atoms with van der Waals surface area (Å²) in [7, 11) is 1.73. The van der Waals surface area contributed by atoms with Crippen LogP contribution in [0.1, 0.15) is 0 Å². The predicted molar refractivity (Wildman–Crippen MR) is 83.4 cm³/mol. The number of methoxy groups -OCH3 is 1. The lowest BCUT2D eigenvalue weighted by atomic mass is 10.1. The summed E-state index contributed by atoms with van der Waals surface area (Å²) in [6.07, 6.45) is 0. The van der Waals surface area contributed by atoms with Crippen LogP contribution < -0.4 is 4.74 Å². The number of rotatable bonds is 1. The van der Waals surface area contributed by atoms with E-state index in [1.54, 1.807) is 18.4 Å². The first-order chi connectivity index (χ1) is 9.36. The van der Waals surface area contributed by atoms with Crippen molar-refractivity contribution in [2.24, 2.45) is 0 Å². The minimum absolute atomic E-state index is 0.961. The van der Waals surface area contributed by atoms with Crippen molar-refractivity contribution < 1.29 is 4.74 Å². The fourth-order valence-corrected chi connectivity index (χ4v) is 3.84. The van der Waals surface area contributed by atoms with E-state index in [0.717, 1.165) is 5.75 Å². The summed E-state index contributed by atoms with van der Waals surface area (Å²) in [4.78, 5) is 0. The summed E-state index contributed by atoms with van der Waals surface area (Å²) in [5.74, 6) is 0.961. The predicted octanol–water partition coefficient (Wildman–Crippen LogP) is 5.22. The molecule has 0 radical (unpaired) electrons. The van der Waals surface area contributed by atoms with Crippen LogP contribution in [0.15, 0.2) is 54.6 Å². The molecule has 0 spiro atoms. The molecule has 0 fully saturated rings. The van der Waals surface area contributed by atoms with Crippen LogP contribution >= 0.6 is 11.3 Å². The lowest BCUT2D eigenvalue weighted by molar-refractivity contribution is 0.420. The molecule has 0 aliphatic rings. The molecule has 4 aromatic rings. The quantitative estimate of drug-likeness (QED) is 0.458. The minimum atomic E-state index is 0.961. The minimum Gasteiger partial charge on any atom is -0.495 e. The normalized spacial score (nSPS) is 11.4. The largest absolute Gasteiger partial charge is 0.495 e. The van der Waals surface area contributed by atoms with Crippen molar-refractivity contribution in [1.82, 2.24) is 0 Å². The molecular weight excluding hydrogens is 252 g/mol. The average Bonchev–Trinajstić information content (AvgIpc) is 2.82. The molecule has 0 aliphatic carbocycles. The fraction of sp³-hybridized carbons (Fsp3) is 0.0588. The molecule has 0 atom stereocenters. The lowest BCUT2D eigenvalue weighted by Gasteiger charge is -2.00. The highest BCUT2D eigenvalue weighted by Crippen LogP contribution is 2.40. The smallest absolute Gasteiger partial charge is 0.136 e. The summed E-state index contributed by atoms with van der Waals surface area (Å²) in [6, 6.07) is 19.3. The Bertz CT molecular complexity index is 905. The summed E-state index contributed by atoms with van der Waals surface area (Å²) >= 11 is 1.80. The Balaban J connectivity index is 2.22. The molecule has 1 heterocycles. The monoisotopic (exact) mass is 264 g/mol. The summed E-state index contributed by atoms with van der Waals surface area (Å²) < 4.78 is 8.01. The lowest BCUT2D eigenvalue weighted by Crippen LogP contribution is -1.80.